The van der Waals surface area contributed by atoms with Gasteiger partial charge in [-0.25, -0.2) is 9.97 Å². The lowest BCUT2D eigenvalue weighted by Gasteiger charge is -2.46. The molecule has 0 aliphatic carbocycles. The number of likely N-dealkylation sites (tertiary alicyclic amines) is 1. The van der Waals surface area contributed by atoms with Gasteiger partial charge in [0.15, 0.2) is 0 Å². The molecule has 0 amide bonds. The predicted octanol–water partition coefficient (Wildman–Crippen LogP) is 1.71. The summed E-state index contributed by atoms with van der Waals surface area (Å²) in [6.45, 7) is 5.59. The summed E-state index contributed by atoms with van der Waals surface area (Å²) in [5, 5.41) is 0. The van der Waals surface area contributed by atoms with E-state index >= 15 is 0 Å². The zero-order chi connectivity index (χ0) is 12.5. The molecule has 2 unspecified atom stereocenters. The molecular weight excluding hydrogens is 224 g/mol. The van der Waals surface area contributed by atoms with Crippen LogP contribution in [-0.4, -0.2) is 47.6 Å². The average molecular weight is 246 g/mol. The number of fused-ring (bicyclic) bond motifs is 1. The van der Waals surface area contributed by atoms with Gasteiger partial charge < -0.3 is 9.80 Å². The summed E-state index contributed by atoms with van der Waals surface area (Å²) in [7, 11) is 2.23. The molecule has 18 heavy (non-hydrogen) atoms. The van der Waals surface area contributed by atoms with E-state index in [1.807, 2.05) is 19.2 Å². The van der Waals surface area contributed by atoms with Gasteiger partial charge in [0, 0.05) is 31.0 Å². The molecule has 4 heteroatoms. The first-order chi connectivity index (χ1) is 8.74. The van der Waals surface area contributed by atoms with E-state index in [0.29, 0.717) is 6.04 Å². The number of nitrogens with zero attached hydrogens (tertiary/aromatic N) is 4. The Morgan fingerprint density at radius 2 is 2.17 bits per heavy atom. The zero-order valence-electron chi connectivity index (χ0n) is 11.3. The highest BCUT2D eigenvalue weighted by Gasteiger charge is 2.35. The van der Waals surface area contributed by atoms with Gasteiger partial charge in [0.1, 0.15) is 0 Å². The topological polar surface area (TPSA) is 32.3 Å². The van der Waals surface area contributed by atoms with E-state index in [9.17, 15) is 0 Å². The molecule has 4 nitrogen and oxygen atoms in total. The van der Waals surface area contributed by atoms with E-state index in [-0.39, 0.29) is 0 Å². The second-order valence-electron chi connectivity index (χ2n) is 5.71. The van der Waals surface area contributed by atoms with Crippen molar-refractivity contribution in [2.24, 2.45) is 5.92 Å². The van der Waals surface area contributed by atoms with Crippen LogP contribution in [0.25, 0.3) is 0 Å². The number of hydrogen-bond donors (Lipinski definition) is 0. The van der Waals surface area contributed by atoms with Crippen LogP contribution in [0, 0.1) is 12.8 Å². The van der Waals surface area contributed by atoms with Crippen molar-refractivity contribution >= 4 is 5.95 Å². The summed E-state index contributed by atoms with van der Waals surface area (Å²) in [6.07, 6.45) is 5.76. The summed E-state index contributed by atoms with van der Waals surface area (Å²) in [6, 6.07) is 2.62. The Kier molecular flexibility index (Phi) is 3.20. The molecule has 2 atom stereocenters. The third-order valence-corrected chi connectivity index (χ3v) is 4.31. The van der Waals surface area contributed by atoms with Crippen molar-refractivity contribution in [2.45, 2.75) is 32.2 Å². The second kappa shape index (κ2) is 4.84. The maximum atomic E-state index is 4.61. The van der Waals surface area contributed by atoms with E-state index in [4.69, 9.17) is 0 Å². The lowest BCUT2D eigenvalue weighted by molar-refractivity contribution is 0.153. The van der Waals surface area contributed by atoms with Crippen molar-refractivity contribution < 1.29 is 0 Å². The SMILES string of the molecule is Cc1ccnc(N2CCCC3CN(C)CCC32)n1. The first-order valence-corrected chi connectivity index (χ1v) is 6.99. The van der Waals surface area contributed by atoms with Crippen LogP contribution in [0.5, 0.6) is 0 Å². The highest BCUT2D eigenvalue weighted by molar-refractivity contribution is 5.33. The van der Waals surface area contributed by atoms with Crippen molar-refractivity contribution in [1.82, 2.24) is 14.9 Å². The lowest BCUT2D eigenvalue weighted by atomic mass is 9.84. The van der Waals surface area contributed by atoms with Crippen molar-refractivity contribution in [3.8, 4) is 0 Å². The molecule has 2 aliphatic rings. The van der Waals surface area contributed by atoms with Crippen LogP contribution in [0.2, 0.25) is 0 Å². The molecule has 1 aromatic rings. The minimum Gasteiger partial charge on any atom is -0.337 e. The maximum absolute atomic E-state index is 4.61. The van der Waals surface area contributed by atoms with Gasteiger partial charge in [-0.3, -0.25) is 0 Å². The fourth-order valence-corrected chi connectivity index (χ4v) is 3.41. The van der Waals surface area contributed by atoms with Crippen LogP contribution in [0.3, 0.4) is 0 Å². The molecule has 0 N–H and O–H groups in total. The third kappa shape index (κ3) is 2.21. The Labute approximate surface area is 109 Å². The standard InChI is InChI=1S/C14H22N4/c1-11-5-7-15-14(16-11)18-8-3-4-12-10-17(2)9-6-13(12)18/h5,7,12-13H,3-4,6,8-10H2,1-2H3. The summed E-state index contributed by atoms with van der Waals surface area (Å²) in [4.78, 5) is 14.0. The van der Waals surface area contributed by atoms with E-state index in [2.05, 4.69) is 26.8 Å². The molecule has 3 heterocycles. The summed E-state index contributed by atoms with van der Waals surface area (Å²) in [5.41, 5.74) is 1.06. The van der Waals surface area contributed by atoms with E-state index in [0.717, 1.165) is 24.1 Å². The fourth-order valence-electron chi connectivity index (χ4n) is 3.41. The molecule has 3 rings (SSSR count). The van der Waals surface area contributed by atoms with Crippen LogP contribution in [0.15, 0.2) is 12.3 Å². The number of hydrogen-bond acceptors (Lipinski definition) is 4. The minimum atomic E-state index is 0.650. The van der Waals surface area contributed by atoms with Gasteiger partial charge in [0.05, 0.1) is 0 Å². The Morgan fingerprint density at radius 1 is 1.28 bits per heavy atom. The molecule has 1 aromatic heterocycles. The molecule has 0 bridgehead atoms. The Hall–Kier alpha value is -1.16. The average Bonchev–Trinajstić information content (AvgIpc) is 2.37. The van der Waals surface area contributed by atoms with Crippen LogP contribution < -0.4 is 4.90 Å². The van der Waals surface area contributed by atoms with Gasteiger partial charge in [-0.2, -0.15) is 0 Å². The number of aryl methyl sites for hydroxylation is 1. The normalized spacial score (nSPS) is 29.1. The molecule has 0 aromatic carbocycles. The molecule has 0 saturated carbocycles. The van der Waals surface area contributed by atoms with Crippen LogP contribution in [-0.2, 0) is 0 Å². The fraction of sp³-hybridized carbons (Fsp3) is 0.714. The van der Waals surface area contributed by atoms with E-state index in [1.54, 1.807) is 0 Å². The van der Waals surface area contributed by atoms with Crippen LogP contribution in [0.4, 0.5) is 5.95 Å². The second-order valence-corrected chi connectivity index (χ2v) is 5.71. The Bertz CT molecular complexity index is 420. The number of anilines is 1. The van der Waals surface area contributed by atoms with Crippen LogP contribution >= 0.6 is 0 Å². The Balaban J connectivity index is 1.83. The summed E-state index contributed by atoms with van der Waals surface area (Å²) >= 11 is 0. The van der Waals surface area contributed by atoms with E-state index in [1.165, 1.54) is 32.4 Å². The molecule has 0 radical (unpaired) electrons. The quantitative estimate of drug-likeness (QED) is 0.755. The number of rotatable bonds is 1. The smallest absolute Gasteiger partial charge is 0.225 e. The van der Waals surface area contributed by atoms with Gasteiger partial charge in [-0.15, -0.1) is 0 Å². The zero-order valence-corrected chi connectivity index (χ0v) is 11.3. The first kappa shape index (κ1) is 11.9. The lowest BCUT2D eigenvalue weighted by Crippen LogP contribution is -2.53. The predicted molar refractivity (Wildman–Crippen MR) is 72.7 cm³/mol. The van der Waals surface area contributed by atoms with Gasteiger partial charge >= 0.3 is 0 Å². The first-order valence-electron chi connectivity index (χ1n) is 6.99. The van der Waals surface area contributed by atoms with Gasteiger partial charge in [-0.05, 0) is 51.8 Å². The molecular formula is C14H22N4. The third-order valence-electron chi connectivity index (χ3n) is 4.31. The van der Waals surface area contributed by atoms with Gasteiger partial charge in [0.2, 0.25) is 5.95 Å². The number of piperidine rings is 2. The molecule has 2 saturated heterocycles. The maximum Gasteiger partial charge on any atom is 0.225 e. The monoisotopic (exact) mass is 246 g/mol. The van der Waals surface area contributed by atoms with Crippen molar-refractivity contribution in [2.75, 3.05) is 31.6 Å². The van der Waals surface area contributed by atoms with Crippen molar-refractivity contribution in [1.29, 1.82) is 0 Å². The minimum absolute atomic E-state index is 0.650. The summed E-state index contributed by atoms with van der Waals surface area (Å²) in [5.74, 6) is 1.73. The summed E-state index contributed by atoms with van der Waals surface area (Å²) < 4.78 is 0. The number of aromatic nitrogens is 2. The van der Waals surface area contributed by atoms with E-state index < -0.39 is 0 Å². The van der Waals surface area contributed by atoms with Gasteiger partial charge in [0.25, 0.3) is 0 Å². The van der Waals surface area contributed by atoms with Crippen LogP contribution in [0.1, 0.15) is 25.0 Å². The molecule has 2 fully saturated rings. The van der Waals surface area contributed by atoms with Crippen molar-refractivity contribution in [3.63, 3.8) is 0 Å². The molecule has 0 spiro atoms. The molecule has 98 valence electrons. The highest BCUT2D eigenvalue weighted by atomic mass is 15.3. The highest BCUT2D eigenvalue weighted by Crippen LogP contribution is 2.32. The molecule has 2 aliphatic heterocycles. The van der Waals surface area contributed by atoms with Gasteiger partial charge in [-0.1, -0.05) is 0 Å². The van der Waals surface area contributed by atoms with Crippen molar-refractivity contribution in [3.05, 3.63) is 18.0 Å². The largest absolute Gasteiger partial charge is 0.337 e. The Morgan fingerprint density at radius 3 is 3.00 bits per heavy atom.